The highest BCUT2D eigenvalue weighted by atomic mass is 35.5. The van der Waals surface area contributed by atoms with Crippen LogP contribution in [0.4, 0.5) is 0 Å². The van der Waals surface area contributed by atoms with Crippen molar-refractivity contribution in [2.75, 3.05) is 7.11 Å². The summed E-state index contributed by atoms with van der Waals surface area (Å²) in [5.41, 5.74) is 1.64. The normalized spacial score (nSPS) is 10.2. The van der Waals surface area contributed by atoms with E-state index in [-0.39, 0.29) is 0 Å². The molecule has 0 bridgehead atoms. The third-order valence-corrected chi connectivity index (χ3v) is 3.47. The lowest BCUT2D eigenvalue weighted by atomic mass is 10.2. The molecule has 0 spiro atoms. The molecule has 1 aromatic heterocycles. The fourth-order valence-electron chi connectivity index (χ4n) is 1.39. The summed E-state index contributed by atoms with van der Waals surface area (Å²) >= 11 is 7.19. The highest BCUT2D eigenvalue weighted by Gasteiger charge is 2.11. The number of methoxy groups -OCH3 is 1. The average Bonchev–Trinajstić information content (AvgIpc) is 2.74. The van der Waals surface area contributed by atoms with Gasteiger partial charge in [0.2, 0.25) is 0 Å². The molecule has 17 heavy (non-hydrogen) atoms. The second-order valence-corrected chi connectivity index (χ2v) is 4.78. The van der Waals surface area contributed by atoms with Crippen LogP contribution in [0.1, 0.15) is 10.6 Å². The summed E-state index contributed by atoms with van der Waals surface area (Å²) in [6.07, 6.45) is 0. The minimum Gasteiger partial charge on any atom is -0.378 e. The molecule has 0 aliphatic heterocycles. The Hall–Kier alpha value is -1.41. The van der Waals surface area contributed by atoms with E-state index in [1.54, 1.807) is 19.2 Å². The van der Waals surface area contributed by atoms with Crippen LogP contribution >= 0.6 is 22.9 Å². The Morgan fingerprint density at radius 2 is 2.12 bits per heavy atom. The lowest BCUT2D eigenvalue weighted by Crippen LogP contribution is -1.90. The van der Waals surface area contributed by atoms with Crippen LogP contribution in [0.2, 0.25) is 5.02 Å². The van der Waals surface area contributed by atoms with Crippen molar-refractivity contribution in [3.8, 4) is 16.6 Å². The van der Waals surface area contributed by atoms with Crippen LogP contribution in [0.5, 0.6) is 0 Å². The van der Waals surface area contributed by atoms with Gasteiger partial charge >= 0.3 is 0 Å². The van der Waals surface area contributed by atoms with Crippen LogP contribution in [-0.2, 0) is 11.3 Å². The summed E-state index contributed by atoms with van der Waals surface area (Å²) in [7, 11) is 1.59. The Morgan fingerprint density at radius 1 is 1.41 bits per heavy atom. The van der Waals surface area contributed by atoms with Gasteiger partial charge in [-0.15, -0.1) is 11.3 Å². The van der Waals surface area contributed by atoms with Gasteiger partial charge < -0.3 is 4.74 Å². The van der Waals surface area contributed by atoms with Gasteiger partial charge in [-0.25, -0.2) is 4.98 Å². The van der Waals surface area contributed by atoms with Gasteiger partial charge in [-0.2, -0.15) is 5.26 Å². The number of hydrogen-bond acceptors (Lipinski definition) is 4. The van der Waals surface area contributed by atoms with Gasteiger partial charge in [-0.3, -0.25) is 0 Å². The number of benzene rings is 1. The smallest absolute Gasteiger partial charge is 0.130 e. The van der Waals surface area contributed by atoms with Crippen molar-refractivity contribution in [1.82, 2.24) is 4.98 Å². The first-order valence-corrected chi connectivity index (χ1v) is 6.08. The monoisotopic (exact) mass is 264 g/mol. The van der Waals surface area contributed by atoms with Gasteiger partial charge in [0.15, 0.2) is 0 Å². The minimum atomic E-state index is 0.354. The first-order chi connectivity index (χ1) is 8.24. The first-order valence-electron chi connectivity index (χ1n) is 4.89. The maximum atomic E-state index is 8.99. The Kier molecular flexibility index (Phi) is 3.75. The average molecular weight is 265 g/mol. The fraction of sp³-hybridized carbons (Fsp3) is 0.167. The fourth-order valence-corrected chi connectivity index (χ4v) is 2.39. The molecule has 0 saturated carbocycles. The Morgan fingerprint density at radius 3 is 2.71 bits per heavy atom. The largest absolute Gasteiger partial charge is 0.378 e. The van der Waals surface area contributed by atoms with Crippen molar-refractivity contribution in [2.24, 2.45) is 0 Å². The highest BCUT2D eigenvalue weighted by Crippen LogP contribution is 2.28. The van der Waals surface area contributed by atoms with E-state index in [9.17, 15) is 0 Å². The van der Waals surface area contributed by atoms with E-state index in [1.807, 2.05) is 12.1 Å². The minimum absolute atomic E-state index is 0.354. The number of rotatable bonds is 3. The molecule has 86 valence electrons. The van der Waals surface area contributed by atoms with Crippen molar-refractivity contribution < 1.29 is 4.74 Å². The number of ether oxygens (including phenoxy) is 1. The van der Waals surface area contributed by atoms with E-state index in [2.05, 4.69) is 11.1 Å². The van der Waals surface area contributed by atoms with Gasteiger partial charge in [0, 0.05) is 17.7 Å². The van der Waals surface area contributed by atoms with Crippen molar-refractivity contribution in [1.29, 1.82) is 5.26 Å². The Balaban J connectivity index is 2.40. The zero-order valence-corrected chi connectivity index (χ0v) is 10.7. The quantitative estimate of drug-likeness (QED) is 0.853. The second kappa shape index (κ2) is 5.28. The molecule has 0 N–H and O–H groups in total. The first kappa shape index (κ1) is 12.1. The van der Waals surface area contributed by atoms with E-state index >= 15 is 0 Å². The van der Waals surface area contributed by atoms with E-state index in [4.69, 9.17) is 21.6 Å². The van der Waals surface area contributed by atoms with E-state index in [1.165, 1.54) is 11.3 Å². The molecule has 0 radical (unpaired) electrons. The van der Waals surface area contributed by atoms with Crippen LogP contribution in [0.3, 0.4) is 0 Å². The van der Waals surface area contributed by atoms with Crippen LogP contribution in [0.15, 0.2) is 24.3 Å². The molecule has 0 aliphatic rings. The number of halogens is 1. The molecule has 2 rings (SSSR count). The molecular weight excluding hydrogens is 256 g/mol. The summed E-state index contributed by atoms with van der Waals surface area (Å²) in [5.74, 6) is 0. The predicted molar refractivity (Wildman–Crippen MR) is 68.0 cm³/mol. The van der Waals surface area contributed by atoms with Crippen LogP contribution in [0.25, 0.3) is 10.6 Å². The second-order valence-electron chi connectivity index (χ2n) is 3.35. The molecule has 0 aliphatic carbocycles. The molecule has 0 atom stereocenters. The van der Waals surface area contributed by atoms with Gasteiger partial charge in [-0.1, -0.05) is 23.7 Å². The molecule has 1 heterocycles. The molecule has 1 aromatic carbocycles. The summed E-state index contributed by atoms with van der Waals surface area (Å²) in [6.45, 7) is 0.354. The standard InChI is InChI=1S/C12H9ClN2OS/c1-16-7-10-11(6-14)17-12(15-10)8-2-4-9(13)5-3-8/h2-5H,7H2,1H3. The molecule has 5 heteroatoms. The van der Waals surface area contributed by atoms with Gasteiger partial charge in [-0.05, 0) is 12.1 Å². The summed E-state index contributed by atoms with van der Waals surface area (Å²) in [6, 6.07) is 9.52. The molecule has 3 nitrogen and oxygen atoms in total. The zero-order chi connectivity index (χ0) is 12.3. The Bertz CT molecular complexity index is 557. The molecule has 0 saturated heterocycles. The Labute approximate surface area is 108 Å². The maximum absolute atomic E-state index is 8.99. The van der Waals surface area contributed by atoms with Crippen molar-refractivity contribution in [2.45, 2.75) is 6.61 Å². The van der Waals surface area contributed by atoms with Gasteiger partial charge in [0.25, 0.3) is 0 Å². The third-order valence-electron chi connectivity index (χ3n) is 2.17. The van der Waals surface area contributed by atoms with Crippen LogP contribution in [-0.4, -0.2) is 12.1 Å². The van der Waals surface area contributed by atoms with Crippen LogP contribution < -0.4 is 0 Å². The molecule has 0 fully saturated rings. The third kappa shape index (κ3) is 2.64. The number of aromatic nitrogens is 1. The van der Waals surface area contributed by atoms with E-state index in [0.29, 0.717) is 22.2 Å². The predicted octanol–water partition coefficient (Wildman–Crippen LogP) is 3.48. The van der Waals surface area contributed by atoms with Crippen molar-refractivity contribution in [3.05, 3.63) is 39.9 Å². The topological polar surface area (TPSA) is 45.9 Å². The number of nitriles is 1. The molecule has 0 unspecified atom stereocenters. The van der Waals surface area contributed by atoms with Gasteiger partial charge in [0.1, 0.15) is 16.0 Å². The van der Waals surface area contributed by atoms with Crippen LogP contribution in [0, 0.1) is 11.3 Å². The zero-order valence-electron chi connectivity index (χ0n) is 9.11. The summed E-state index contributed by atoms with van der Waals surface area (Å²) in [5, 5.41) is 10.5. The summed E-state index contributed by atoms with van der Waals surface area (Å²) < 4.78 is 5.01. The lowest BCUT2D eigenvalue weighted by Gasteiger charge is -1.95. The van der Waals surface area contributed by atoms with Crippen molar-refractivity contribution in [3.63, 3.8) is 0 Å². The summed E-state index contributed by atoms with van der Waals surface area (Å²) in [4.78, 5) is 4.99. The SMILES string of the molecule is COCc1nc(-c2ccc(Cl)cc2)sc1C#N. The maximum Gasteiger partial charge on any atom is 0.130 e. The van der Waals surface area contributed by atoms with E-state index in [0.717, 1.165) is 10.6 Å². The van der Waals surface area contributed by atoms with E-state index < -0.39 is 0 Å². The molecule has 0 amide bonds. The number of nitrogens with zero attached hydrogens (tertiary/aromatic N) is 2. The van der Waals surface area contributed by atoms with Crippen molar-refractivity contribution >= 4 is 22.9 Å². The lowest BCUT2D eigenvalue weighted by molar-refractivity contribution is 0.182. The van der Waals surface area contributed by atoms with Gasteiger partial charge in [0.05, 0.1) is 12.3 Å². The number of thiazole rings is 1. The highest BCUT2D eigenvalue weighted by molar-refractivity contribution is 7.15. The molecular formula is C12H9ClN2OS. The number of hydrogen-bond donors (Lipinski definition) is 0. The molecule has 2 aromatic rings.